The molecule has 1 aromatic rings. The predicted octanol–water partition coefficient (Wildman–Crippen LogP) is 2.21. The zero-order chi connectivity index (χ0) is 13.6. The Labute approximate surface area is 111 Å². The molecule has 1 fully saturated rings. The molecule has 0 bridgehead atoms. The Morgan fingerprint density at radius 1 is 1.56 bits per heavy atom. The van der Waals surface area contributed by atoms with E-state index in [0.29, 0.717) is 19.3 Å². The van der Waals surface area contributed by atoms with Gasteiger partial charge in [0.2, 0.25) is 0 Å². The van der Waals surface area contributed by atoms with E-state index in [0.717, 1.165) is 10.7 Å². The molecule has 2 rings (SSSR count). The van der Waals surface area contributed by atoms with Gasteiger partial charge in [-0.15, -0.1) is 11.3 Å². The van der Waals surface area contributed by atoms with Gasteiger partial charge < -0.3 is 10.2 Å². The number of aromatic nitrogens is 1. The Bertz CT molecular complexity index is 455. The maximum absolute atomic E-state index is 10.7. The third-order valence-corrected chi connectivity index (χ3v) is 4.25. The first-order valence-electron chi connectivity index (χ1n) is 6.10. The fourth-order valence-corrected chi connectivity index (χ4v) is 3.35. The van der Waals surface area contributed by atoms with Crippen molar-refractivity contribution in [2.24, 2.45) is 5.92 Å². The van der Waals surface area contributed by atoms with Gasteiger partial charge >= 0.3 is 5.97 Å². The van der Waals surface area contributed by atoms with Gasteiger partial charge in [0.05, 0.1) is 22.2 Å². The van der Waals surface area contributed by atoms with Crippen molar-refractivity contribution in [3.63, 3.8) is 0 Å². The number of hydrogen-bond acceptors (Lipinski definition) is 4. The standard InChI is InChI=1S/C13H19NO3S/c1-12(2,3)9-7-18-10(14-9)6-13(17)4-8(5-13)11(15)16/h7-8,17H,4-6H2,1-3H3,(H,15,16). The zero-order valence-corrected chi connectivity index (χ0v) is 11.8. The molecule has 0 saturated heterocycles. The van der Waals surface area contributed by atoms with E-state index in [-0.39, 0.29) is 5.41 Å². The number of carboxylic acids is 1. The van der Waals surface area contributed by atoms with Crippen molar-refractivity contribution in [2.75, 3.05) is 0 Å². The van der Waals surface area contributed by atoms with Gasteiger partial charge in [0.15, 0.2) is 0 Å². The quantitative estimate of drug-likeness (QED) is 0.882. The number of rotatable bonds is 3. The molecule has 4 nitrogen and oxygen atoms in total. The van der Waals surface area contributed by atoms with Crippen molar-refractivity contribution in [3.8, 4) is 0 Å². The van der Waals surface area contributed by atoms with Gasteiger partial charge in [0.25, 0.3) is 0 Å². The van der Waals surface area contributed by atoms with Gasteiger partial charge in [-0.3, -0.25) is 4.79 Å². The van der Waals surface area contributed by atoms with Crippen LogP contribution >= 0.6 is 11.3 Å². The number of nitrogens with zero attached hydrogens (tertiary/aromatic N) is 1. The number of carbonyl (C=O) groups is 1. The van der Waals surface area contributed by atoms with Crippen LogP contribution in [0.15, 0.2) is 5.38 Å². The van der Waals surface area contributed by atoms with Crippen molar-refractivity contribution in [3.05, 3.63) is 16.1 Å². The van der Waals surface area contributed by atoms with E-state index >= 15 is 0 Å². The molecular formula is C13H19NO3S. The van der Waals surface area contributed by atoms with E-state index in [1.807, 2.05) is 5.38 Å². The molecule has 0 spiro atoms. The first-order valence-corrected chi connectivity index (χ1v) is 6.98. The largest absolute Gasteiger partial charge is 0.481 e. The van der Waals surface area contributed by atoms with Gasteiger partial charge in [-0.25, -0.2) is 4.98 Å². The molecule has 0 aromatic carbocycles. The number of aliphatic hydroxyl groups is 1. The van der Waals surface area contributed by atoms with E-state index in [2.05, 4.69) is 25.8 Å². The molecule has 1 aromatic heterocycles. The second-order valence-electron chi connectivity index (χ2n) is 6.22. The molecule has 1 saturated carbocycles. The van der Waals surface area contributed by atoms with Crippen LogP contribution in [0.4, 0.5) is 0 Å². The molecular weight excluding hydrogens is 250 g/mol. The van der Waals surface area contributed by atoms with Crippen LogP contribution in [-0.2, 0) is 16.6 Å². The van der Waals surface area contributed by atoms with Crippen LogP contribution in [0.5, 0.6) is 0 Å². The molecule has 0 unspecified atom stereocenters. The van der Waals surface area contributed by atoms with E-state index in [4.69, 9.17) is 5.11 Å². The molecule has 0 aliphatic heterocycles. The normalized spacial score (nSPS) is 27.9. The second-order valence-corrected chi connectivity index (χ2v) is 7.16. The maximum atomic E-state index is 10.7. The Balaban J connectivity index is 1.99. The lowest BCUT2D eigenvalue weighted by Crippen LogP contribution is -2.48. The van der Waals surface area contributed by atoms with E-state index < -0.39 is 17.5 Å². The van der Waals surface area contributed by atoms with Crippen molar-refractivity contribution in [1.82, 2.24) is 4.98 Å². The highest BCUT2D eigenvalue weighted by Crippen LogP contribution is 2.41. The minimum Gasteiger partial charge on any atom is -0.481 e. The molecule has 1 aliphatic rings. The highest BCUT2D eigenvalue weighted by Gasteiger charge is 2.46. The van der Waals surface area contributed by atoms with Crippen LogP contribution in [-0.4, -0.2) is 26.8 Å². The van der Waals surface area contributed by atoms with Gasteiger partial charge in [0, 0.05) is 17.2 Å². The summed E-state index contributed by atoms with van der Waals surface area (Å²) in [6, 6.07) is 0. The molecule has 2 N–H and O–H groups in total. The van der Waals surface area contributed by atoms with Crippen LogP contribution in [0.3, 0.4) is 0 Å². The minimum atomic E-state index is -0.865. The topological polar surface area (TPSA) is 70.4 Å². The Kier molecular flexibility index (Phi) is 3.23. The Morgan fingerprint density at radius 2 is 2.17 bits per heavy atom. The first-order chi connectivity index (χ1) is 8.20. The van der Waals surface area contributed by atoms with Crippen molar-refractivity contribution in [1.29, 1.82) is 0 Å². The average molecular weight is 269 g/mol. The number of thiazole rings is 1. The Hall–Kier alpha value is -0.940. The minimum absolute atomic E-state index is 0.0145. The monoisotopic (exact) mass is 269 g/mol. The maximum Gasteiger partial charge on any atom is 0.306 e. The third kappa shape index (κ3) is 2.72. The number of hydrogen-bond donors (Lipinski definition) is 2. The molecule has 0 amide bonds. The molecule has 18 heavy (non-hydrogen) atoms. The van der Waals surface area contributed by atoms with Crippen molar-refractivity contribution >= 4 is 17.3 Å². The number of carboxylic acid groups (broad SMARTS) is 1. The summed E-state index contributed by atoms with van der Waals surface area (Å²) in [6.45, 7) is 6.30. The second kappa shape index (κ2) is 4.31. The van der Waals surface area contributed by atoms with Crippen LogP contribution < -0.4 is 0 Å². The molecule has 1 aliphatic carbocycles. The smallest absolute Gasteiger partial charge is 0.306 e. The fraction of sp³-hybridized carbons (Fsp3) is 0.692. The molecule has 0 radical (unpaired) electrons. The summed E-state index contributed by atoms with van der Waals surface area (Å²) in [5, 5.41) is 21.9. The molecule has 5 heteroatoms. The number of aliphatic carboxylic acids is 1. The van der Waals surface area contributed by atoms with E-state index in [9.17, 15) is 9.90 Å². The third-order valence-electron chi connectivity index (χ3n) is 3.40. The molecule has 1 heterocycles. The van der Waals surface area contributed by atoms with Crippen LogP contribution in [0.1, 0.15) is 44.3 Å². The van der Waals surface area contributed by atoms with Crippen molar-refractivity contribution in [2.45, 2.75) is 51.0 Å². The van der Waals surface area contributed by atoms with Crippen LogP contribution in [0.2, 0.25) is 0 Å². The zero-order valence-electron chi connectivity index (χ0n) is 10.9. The van der Waals surface area contributed by atoms with Crippen LogP contribution in [0.25, 0.3) is 0 Å². The molecule has 0 atom stereocenters. The lowest BCUT2D eigenvalue weighted by atomic mass is 9.69. The summed E-state index contributed by atoms with van der Waals surface area (Å²) in [7, 11) is 0. The first kappa shape index (κ1) is 13.5. The fourth-order valence-electron chi connectivity index (χ4n) is 2.19. The average Bonchev–Trinajstić information content (AvgIpc) is 2.61. The Morgan fingerprint density at radius 3 is 2.61 bits per heavy atom. The van der Waals surface area contributed by atoms with Gasteiger partial charge in [0.1, 0.15) is 0 Å². The summed E-state index contributed by atoms with van der Waals surface area (Å²) in [6.07, 6.45) is 1.15. The van der Waals surface area contributed by atoms with E-state index in [1.165, 1.54) is 0 Å². The van der Waals surface area contributed by atoms with Crippen molar-refractivity contribution < 1.29 is 15.0 Å². The highest BCUT2D eigenvalue weighted by atomic mass is 32.1. The summed E-state index contributed by atoms with van der Waals surface area (Å²) in [5.74, 6) is -1.20. The van der Waals surface area contributed by atoms with Gasteiger partial charge in [-0.2, -0.15) is 0 Å². The van der Waals surface area contributed by atoms with Crippen LogP contribution in [0, 0.1) is 5.92 Å². The van der Waals surface area contributed by atoms with Gasteiger partial charge in [-0.05, 0) is 12.8 Å². The highest BCUT2D eigenvalue weighted by molar-refractivity contribution is 7.09. The van der Waals surface area contributed by atoms with E-state index in [1.54, 1.807) is 11.3 Å². The summed E-state index contributed by atoms with van der Waals surface area (Å²) < 4.78 is 0. The predicted molar refractivity (Wildman–Crippen MR) is 69.8 cm³/mol. The summed E-state index contributed by atoms with van der Waals surface area (Å²) in [4.78, 5) is 15.3. The lowest BCUT2D eigenvalue weighted by molar-refractivity contribution is -0.158. The summed E-state index contributed by atoms with van der Waals surface area (Å²) in [5.41, 5.74) is 0.177. The van der Waals surface area contributed by atoms with Gasteiger partial charge in [-0.1, -0.05) is 20.8 Å². The SMILES string of the molecule is CC(C)(C)c1csc(CC2(O)CC(C(=O)O)C2)n1. The summed E-state index contributed by atoms with van der Waals surface area (Å²) >= 11 is 1.54. The lowest BCUT2D eigenvalue weighted by Gasteiger charge is -2.41. The molecule has 100 valence electrons.